The first kappa shape index (κ1) is 18.7. The number of hydrogen-bond acceptors (Lipinski definition) is 4. The van der Waals surface area contributed by atoms with Gasteiger partial charge in [-0.1, -0.05) is 41.9 Å². The zero-order valence-corrected chi connectivity index (χ0v) is 15.7. The van der Waals surface area contributed by atoms with Gasteiger partial charge >= 0.3 is 6.09 Å². The molecule has 1 aromatic rings. The number of nitrogens with one attached hydrogen (secondary N) is 1. The zero-order chi connectivity index (χ0) is 17.7. The maximum atomic E-state index is 12.8. The molecule has 0 radical (unpaired) electrons. The van der Waals surface area contributed by atoms with Crippen molar-refractivity contribution in [3.63, 3.8) is 0 Å². The highest BCUT2D eigenvalue weighted by Gasteiger charge is 2.32. The zero-order valence-electron chi connectivity index (χ0n) is 14.1. The van der Waals surface area contributed by atoms with Crippen LogP contribution < -0.4 is 5.32 Å². The molecule has 1 aliphatic rings. The van der Waals surface area contributed by atoms with Gasteiger partial charge in [0.05, 0.1) is 20.3 Å². The molecule has 1 aliphatic heterocycles. The summed E-state index contributed by atoms with van der Waals surface area (Å²) in [6.45, 7) is 5.23. The van der Waals surface area contributed by atoms with Crippen molar-refractivity contribution in [3.05, 3.63) is 34.3 Å². The minimum atomic E-state index is -0.610. The number of hydrogen-bond donors (Lipinski definition) is 1. The summed E-state index contributed by atoms with van der Waals surface area (Å²) < 4.78 is 11.4. The van der Waals surface area contributed by atoms with Crippen LogP contribution in [0.1, 0.15) is 25.5 Å². The molecule has 0 aliphatic carbocycles. The van der Waals surface area contributed by atoms with E-state index < -0.39 is 12.1 Å². The number of ether oxygens (including phenoxy) is 2. The molecule has 132 valence electrons. The molecule has 7 heteroatoms. The number of carbonyl (C=O) groups excluding carboxylic acids is 2. The van der Waals surface area contributed by atoms with Crippen molar-refractivity contribution >= 4 is 27.9 Å². The number of benzene rings is 1. The highest BCUT2D eigenvalue weighted by Crippen LogP contribution is 2.24. The van der Waals surface area contributed by atoms with Gasteiger partial charge in [-0.2, -0.15) is 0 Å². The van der Waals surface area contributed by atoms with E-state index in [2.05, 4.69) is 26.0 Å². The van der Waals surface area contributed by atoms with Crippen molar-refractivity contribution in [1.29, 1.82) is 0 Å². The van der Waals surface area contributed by atoms with Crippen LogP contribution in [0.4, 0.5) is 4.79 Å². The van der Waals surface area contributed by atoms with E-state index in [0.29, 0.717) is 19.7 Å². The lowest BCUT2D eigenvalue weighted by molar-refractivity contribution is -0.142. The topological polar surface area (TPSA) is 67.9 Å². The van der Waals surface area contributed by atoms with Crippen molar-refractivity contribution < 1.29 is 19.1 Å². The summed E-state index contributed by atoms with van der Waals surface area (Å²) in [5.41, 5.74) is 1.03. The van der Waals surface area contributed by atoms with Gasteiger partial charge in [0.2, 0.25) is 5.91 Å². The van der Waals surface area contributed by atoms with Gasteiger partial charge in [0, 0.05) is 11.0 Å². The fraction of sp³-hybridized carbons (Fsp3) is 0.529. The first-order chi connectivity index (χ1) is 11.4. The Morgan fingerprint density at radius 2 is 2.00 bits per heavy atom. The molecule has 0 bridgehead atoms. The molecule has 1 fully saturated rings. The van der Waals surface area contributed by atoms with Crippen LogP contribution >= 0.6 is 15.9 Å². The summed E-state index contributed by atoms with van der Waals surface area (Å²) in [6.07, 6.45) is -0.762. The summed E-state index contributed by atoms with van der Waals surface area (Å²) in [5, 5.41) is 2.63. The fourth-order valence-electron chi connectivity index (χ4n) is 2.62. The van der Waals surface area contributed by atoms with E-state index in [-0.39, 0.29) is 17.9 Å². The maximum Gasteiger partial charge on any atom is 0.407 e. The summed E-state index contributed by atoms with van der Waals surface area (Å²) in [4.78, 5) is 26.1. The Labute approximate surface area is 150 Å². The van der Waals surface area contributed by atoms with E-state index in [0.717, 1.165) is 10.0 Å². The minimum Gasteiger partial charge on any atom is -0.453 e. The van der Waals surface area contributed by atoms with Gasteiger partial charge in [0.25, 0.3) is 0 Å². The Bertz CT molecular complexity index is 576. The smallest absolute Gasteiger partial charge is 0.407 e. The lowest BCUT2D eigenvalue weighted by Crippen LogP contribution is -2.54. The average molecular weight is 399 g/mol. The summed E-state index contributed by atoms with van der Waals surface area (Å²) in [5.74, 6) is -0.147. The Balaban J connectivity index is 2.07. The van der Waals surface area contributed by atoms with E-state index in [1.807, 2.05) is 38.1 Å². The van der Waals surface area contributed by atoms with Gasteiger partial charge in [-0.3, -0.25) is 4.79 Å². The van der Waals surface area contributed by atoms with E-state index in [1.54, 1.807) is 4.90 Å². The van der Waals surface area contributed by atoms with Crippen LogP contribution in [0.5, 0.6) is 0 Å². The molecular formula is C17H23BrN2O4. The van der Waals surface area contributed by atoms with Gasteiger partial charge < -0.3 is 19.7 Å². The standard InChI is InChI=1S/C17H23BrN2O4/c1-11(2)15(19-17(22)23-3)16(21)20-8-9-24-14(10-20)12-4-6-13(18)7-5-12/h4-7,11,14-15H,8-10H2,1-3H3,(H,19,22)/t14?,15-/m0/s1. The van der Waals surface area contributed by atoms with Crippen LogP contribution in [0.2, 0.25) is 0 Å². The van der Waals surface area contributed by atoms with Gasteiger partial charge in [-0.25, -0.2) is 4.79 Å². The van der Waals surface area contributed by atoms with Crippen molar-refractivity contribution in [2.75, 3.05) is 26.8 Å². The third-order valence-corrected chi connectivity index (χ3v) is 4.54. The molecule has 0 aromatic heterocycles. The highest BCUT2D eigenvalue weighted by molar-refractivity contribution is 9.10. The van der Waals surface area contributed by atoms with Crippen LogP contribution in [-0.2, 0) is 14.3 Å². The highest BCUT2D eigenvalue weighted by atomic mass is 79.9. The Morgan fingerprint density at radius 1 is 1.33 bits per heavy atom. The Kier molecular flexibility index (Phi) is 6.62. The molecule has 1 saturated heterocycles. The third kappa shape index (κ3) is 4.70. The molecule has 6 nitrogen and oxygen atoms in total. The molecular weight excluding hydrogens is 376 g/mol. The van der Waals surface area contributed by atoms with Crippen molar-refractivity contribution in [3.8, 4) is 0 Å². The quantitative estimate of drug-likeness (QED) is 0.846. The lowest BCUT2D eigenvalue weighted by atomic mass is 10.0. The SMILES string of the molecule is COC(=O)N[C@H](C(=O)N1CCOC(c2ccc(Br)cc2)C1)C(C)C. The van der Waals surface area contributed by atoms with Gasteiger partial charge in [0.1, 0.15) is 12.1 Å². The van der Waals surface area contributed by atoms with E-state index in [4.69, 9.17) is 4.74 Å². The number of halogens is 1. The predicted molar refractivity (Wildman–Crippen MR) is 93.6 cm³/mol. The number of methoxy groups -OCH3 is 1. The average Bonchev–Trinajstić information content (AvgIpc) is 2.59. The molecule has 2 amide bonds. The van der Waals surface area contributed by atoms with Crippen LogP contribution in [0.15, 0.2) is 28.7 Å². The molecule has 0 spiro atoms. The number of amides is 2. The van der Waals surface area contributed by atoms with Crippen LogP contribution in [-0.4, -0.2) is 49.7 Å². The second-order valence-electron chi connectivity index (χ2n) is 6.05. The summed E-state index contributed by atoms with van der Waals surface area (Å²) in [6, 6.07) is 7.26. The second kappa shape index (κ2) is 8.48. The lowest BCUT2D eigenvalue weighted by Gasteiger charge is -2.36. The number of morpholine rings is 1. The van der Waals surface area contributed by atoms with E-state index in [1.165, 1.54) is 7.11 Å². The largest absolute Gasteiger partial charge is 0.453 e. The second-order valence-corrected chi connectivity index (χ2v) is 6.97. The molecule has 0 saturated carbocycles. The molecule has 2 rings (SSSR count). The van der Waals surface area contributed by atoms with Crippen molar-refractivity contribution in [1.82, 2.24) is 10.2 Å². The maximum absolute atomic E-state index is 12.8. The first-order valence-electron chi connectivity index (χ1n) is 7.92. The molecule has 1 unspecified atom stereocenters. The third-order valence-electron chi connectivity index (χ3n) is 4.01. The van der Waals surface area contributed by atoms with Gasteiger partial charge in [-0.15, -0.1) is 0 Å². The summed E-state index contributed by atoms with van der Waals surface area (Å²) >= 11 is 3.41. The number of alkyl carbamates (subject to hydrolysis) is 1. The molecule has 1 aromatic carbocycles. The number of carbonyl (C=O) groups is 2. The number of nitrogens with zero attached hydrogens (tertiary/aromatic N) is 1. The van der Waals surface area contributed by atoms with Crippen molar-refractivity contribution in [2.45, 2.75) is 26.0 Å². The van der Waals surface area contributed by atoms with Gasteiger partial charge in [-0.05, 0) is 23.6 Å². The van der Waals surface area contributed by atoms with Crippen LogP contribution in [0.3, 0.4) is 0 Å². The normalized spacial score (nSPS) is 19.0. The monoisotopic (exact) mass is 398 g/mol. The van der Waals surface area contributed by atoms with Crippen molar-refractivity contribution in [2.24, 2.45) is 5.92 Å². The molecule has 24 heavy (non-hydrogen) atoms. The van der Waals surface area contributed by atoms with Crippen LogP contribution in [0.25, 0.3) is 0 Å². The molecule has 1 heterocycles. The van der Waals surface area contributed by atoms with Gasteiger partial charge in [0.15, 0.2) is 0 Å². The summed E-state index contributed by atoms with van der Waals surface area (Å²) in [7, 11) is 1.29. The Morgan fingerprint density at radius 3 is 2.58 bits per heavy atom. The number of rotatable bonds is 4. The Hall–Kier alpha value is -1.60. The predicted octanol–water partition coefficient (Wildman–Crippen LogP) is 2.73. The molecule has 2 atom stereocenters. The van der Waals surface area contributed by atoms with E-state index >= 15 is 0 Å². The van der Waals surface area contributed by atoms with E-state index in [9.17, 15) is 9.59 Å². The first-order valence-corrected chi connectivity index (χ1v) is 8.72. The molecule has 1 N–H and O–H groups in total. The van der Waals surface area contributed by atoms with Crippen LogP contribution in [0, 0.1) is 5.92 Å². The minimum absolute atomic E-state index is 0.0365. The fourth-order valence-corrected chi connectivity index (χ4v) is 2.89.